The van der Waals surface area contributed by atoms with Gasteiger partial charge in [-0.2, -0.15) is 0 Å². The van der Waals surface area contributed by atoms with Gasteiger partial charge in [-0.05, 0) is 34.9 Å². The Balaban J connectivity index is 1.80. The average molecular weight is 361 g/mol. The maximum atomic E-state index is 11.2. The molecule has 0 radical (unpaired) electrons. The molecule has 0 saturated heterocycles. The van der Waals surface area contributed by atoms with E-state index in [-0.39, 0.29) is 0 Å². The van der Waals surface area contributed by atoms with Crippen LogP contribution in [0.2, 0.25) is 0 Å². The second-order valence-electron chi connectivity index (χ2n) is 6.02. The monoisotopic (exact) mass is 361 g/mol. The average Bonchev–Trinajstić information content (AvgIpc) is 2.71. The van der Waals surface area contributed by atoms with E-state index in [1.165, 1.54) is 0 Å². The number of aldehydes is 1. The summed E-state index contributed by atoms with van der Waals surface area (Å²) in [7, 11) is 0. The largest absolute Gasteiger partial charge is 0.489 e. The van der Waals surface area contributed by atoms with Crippen molar-refractivity contribution < 1.29 is 19.4 Å². The standard InChI is InChI=1S/C22H19NO4/c24-14-16-6-4-7-17(12-16)15-27-20-11-5-10-19(13-20)21(23-22(25)26)18-8-2-1-3-9-18/h1-14,21,23H,15H2,(H,25,26). The minimum Gasteiger partial charge on any atom is -0.489 e. The molecule has 0 fully saturated rings. The van der Waals surface area contributed by atoms with Crippen molar-refractivity contribution in [2.24, 2.45) is 0 Å². The van der Waals surface area contributed by atoms with Gasteiger partial charge in [0, 0.05) is 5.56 Å². The van der Waals surface area contributed by atoms with Crippen LogP contribution in [0.5, 0.6) is 5.75 Å². The molecule has 0 saturated carbocycles. The number of carboxylic acid groups (broad SMARTS) is 1. The summed E-state index contributed by atoms with van der Waals surface area (Å²) in [6, 6.07) is 23.4. The van der Waals surface area contributed by atoms with Gasteiger partial charge in [-0.1, -0.05) is 60.7 Å². The van der Waals surface area contributed by atoms with Crippen LogP contribution in [0.4, 0.5) is 4.79 Å². The lowest BCUT2D eigenvalue weighted by atomic mass is 9.98. The van der Waals surface area contributed by atoms with Crippen LogP contribution in [0.3, 0.4) is 0 Å². The predicted molar refractivity (Wildman–Crippen MR) is 102 cm³/mol. The van der Waals surface area contributed by atoms with Crippen LogP contribution >= 0.6 is 0 Å². The van der Waals surface area contributed by atoms with Gasteiger partial charge in [-0.3, -0.25) is 4.79 Å². The van der Waals surface area contributed by atoms with Gasteiger partial charge in [-0.15, -0.1) is 0 Å². The van der Waals surface area contributed by atoms with Gasteiger partial charge in [0.05, 0.1) is 6.04 Å². The smallest absolute Gasteiger partial charge is 0.405 e. The summed E-state index contributed by atoms with van der Waals surface area (Å²) in [5, 5.41) is 11.8. The highest BCUT2D eigenvalue weighted by atomic mass is 16.5. The zero-order valence-corrected chi connectivity index (χ0v) is 14.5. The molecule has 1 unspecified atom stereocenters. The summed E-state index contributed by atoms with van der Waals surface area (Å²) in [5.74, 6) is 0.622. The predicted octanol–water partition coefficient (Wildman–Crippen LogP) is 4.44. The molecule has 0 aromatic heterocycles. The van der Waals surface area contributed by atoms with E-state index in [0.29, 0.717) is 17.9 Å². The first-order valence-corrected chi connectivity index (χ1v) is 8.47. The molecule has 1 atom stereocenters. The molecular weight excluding hydrogens is 342 g/mol. The van der Waals surface area contributed by atoms with E-state index in [0.717, 1.165) is 23.0 Å². The normalized spacial score (nSPS) is 11.4. The van der Waals surface area contributed by atoms with Crippen LogP contribution in [-0.2, 0) is 6.61 Å². The Kier molecular flexibility index (Phi) is 5.84. The minimum absolute atomic E-state index is 0.313. The molecule has 2 N–H and O–H groups in total. The molecule has 0 spiro atoms. The molecule has 5 heteroatoms. The summed E-state index contributed by atoms with van der Waals surface area (Å²) in [5.41, 5.74) is 3.10. The lowest BCUT2D eigenvalue weighted by molar-refractivity contribution is 0.112. The van der Waals surface area contributed by atoms with Crippen molar-refractivity contribution in [2.45, 2.75) is 12.6 Å². The molecule has 0 aliphatic rings. The van der Waals surface area contributed by atoms with E-state index < -0.39 is 12.1 Å². The molecule has 5 nitrogen and oxygen atoms in total. The van der Waals surface area contributed by atoms with Crippen molar-refractivity contribution in [2.75, 3.05) is 0 Å². The first-order valence-electron chi connectivity index (χ1n) is 8.47. The zero-order chi connectivity index (χ0) is 19.1. The molecule has 1 amide bonds. The number of nitrogens with one attached hydrogen (secondary N) is 1. The van der Waals surface area contributed by atoms with Crippen LogP contribution in [0.15, 0.2) is 78.9 Å². The van der Waals surface area contributed by atoms with Crippen molar-refractivity contribution in [3.05, 3.63) is 101 Å². The van der Waals surface area contributed by atoms with E-state index in [1.807, 2.05) is 60.7 Å². The number of amides is 1. The Morgan fingerprint density at radius 1 is 0.963 bits per heavy atom. The Labute approximate surface area is 157 Å². The summed E-state index contributed by atoms with van der Waals surface area (Å²) < 4.78 is 5.83. The molecule has 0 aliphatic heterocycles. The lowest BCUT2D eigenvalue weighted by Gasteiger charge is -2.19. The van der Waals surface area contributed by atoms with E-state index in [1.54, 1.807) is 18.2 Å². The number of benzene rings is 3. The van der Waals surface area contributed by atoms with Crippen LogP contribution in [0.25, 0.3) is 0 Å². The Morgan fingerprint density at radius 3 is 2.44 bits per heavy atom. The molecule has 0 aliphatic carbocycles. The zero-order valence-electron chi connectivity index (χ0n) is 14.5. The van der Waals surface area contributed by atoms with Gasteiger partial charge in [0.1, 0.15) is 18.6 Å². The van der Waals surface area contributed by atoms with Crippen molar-refractivity contribution in [3.8, 4) is 5.75 Å². The SMILES string of the molecule is O=Cc1cccc(COc2cccc(C(NC(=O)O)c3ccccc3)c2)c1. The van der Waals surface area contributed by atoms with Gasteiger partial charge < -0.3 is 15.2 Å². The number of carbonyl (C=O) groups is 2. The van der Waals surface area contributed by atoms with Crippen LogP contribution < -0.4 is 10.1 Å². The van der Waals surface area contributed by atoms with E-state index in [4.69, 9.17) is 4.74 Å². The molecule has 0 bridgehead atoms. The van der Waals surface area contributed by atoms with Crippen molar-refractivity contribution >= 4 is 12.4 Å². The highest BCUT2D eigenvalue weighted by Crippen LogP contribution is 2.25. The summed E-state index contributed by atoms with van der Waals surface area (Å²) in [4.78, 5) is 22.1. The fraction of sp³-hybridized carbons (Fsp3) is 0.0909. The van der Waals surface area contributed by atoms with Gasteiger partial charge in [0.15, 0.2) is 0 Å². The maximum Gasteiger partial charge on any atom is 0.405 e. The summed E-state index contributed by atoms with van der Waals surface area (Å²) in [6.07, 6.45) is -0.299. The van der Waals surface area contributed by atoms with Gasteiger partial charge in [-0.25, -0.2) is 4.79 Å². The van der Waals surface area contributed by atoms with Crippen LogP contribution in [-0.4, -0.2) is 17.5 Å². The third-order valence-corrected chi connectivity index (χ3v) is 4.08. The van der Waals surface area contributed by atoms with Crippen LogP contribution in [0, 0.1) is 0 Å². The van der Waals surface area contributed by atoms with Gasteiger partial charge in [0.2, 0.25) is 0 Å². The highest BCUT2D eigenvalue weighted by molar-refractivity contribution is 5.74. The van der Waals surface area contributed by atoms with E-state index in [9.17, 15) is 14.7 Å². The molecule has 3 rings (SSSR count). The first kappa shape index (κ1) is 18.2. The fourth-order valence-corrected chi connectivity index (χ4v) is 2.83. The third kappa shape index (κ3) is 4.95. The second-order valence-corrected chi connectivity index (χ2v) is 6.02. The van der Waals surface area contributed by atoms with E-state index in [2.05, 4.69) is 5.32 Å². The first-order chi connectivity index (χ1) is 13.2. The number of hydrogen-bond donors (Lipinski definition) is 2. The summed E-state index contributed by atoms with van der Waals surface area (Å²) in [6.45, 7) is 0.313. The topological polar surface area (TPSA) is 75.6 Å². The molecule has 3 aromatic carbocycles. The maximum absolute atomic E-state index is 11.2. The van der Waals surface area contributed by atoms with Crippen molar-refractivity contribution in [1.82, 2.24) is 5.32 Å². The molecule has 0 heterocycles. The molecule has 136 valence electrons. The Morgan fingerprint density at radius 2 is 1.70 bits per heavy atom. The number of rotatable bonds is 7. The summed E-state index contributed by atoms with van der Waals surface area (Å²) >= 11 is 0. The molecule has 27 heavy (non-hydrogen) atoms. The Hall–Kier alpha value is -3.60. The molecular formula is C22H19NO4. The Bertz CT molecular complexity index is 924. The van der Waals surface area contributed by atoms with Crippen LogP contribution in [0.1, 0.15) is 33.1 Å². The second kappa shape index (κ2) is 8.67. The van der Waals surface area contributed by atoms with Crippen molar-refractivity contribution in [1.29, 1.82) is 0 Å². The van der Waals surface area contributed by atoms with Gasteiger partial charge >= 0.3 is 6.09 Å². The van der Waals surface area contributed by atoms with Crippen molar-refractivity contribution in [3.63, 3.8) is 0 Å². The number of ether oxygens (including phenoxy) is 1. The minimum atomic E-state index is -1.10. The van der Waals surface area contributed by atoms with E-state index >= 15 is 0 Å². The quantitative estimate of drug-likeness (QED) is 0.610. The fourth-order valence-electron chi connectivity index (χ4n) is 2.83. The molecule has 3 aromatic rings. The third-order valence-electron chi connectivity index (χ3n) is 4.08. The lowest BCUT2D eigenvalue weighted by Crippen LogP contribution is -2.27. The van der Waals surface area contributed by atoms with Gasteiger partial charge in [0.25, 0.3) is 0 Å². The highest BCUT2D eigenvalue weighted by Gasteiger charge is 2.16. The number of hydrogen-bond acceptors (Lipinski definition) is 3. The number of carbonyl (C=O) groups excluding carboxylic acids is 1.